The highest BCUT2D eigenvalue weighted by Crippen LogP contribution is 2.27. The van der Waals surface area contributed by atoms with Crippen LogP contribution in [0.3, 0.4) is 0 Å². The molecule has 0 spiro atoms. The molecule has 0 saturated carbocycles. The maximum absolute atomic E-state index is 11.7. The fourth-order valence-electron chi connectivity index (χ4n) is 1.84. The number of nitro groups is 1. The minimum Gasteiger partial charge on any atom is -0.311 e. The van der Waals surface area contributed by atoms with Crippen LogP contribution in [0, 0.1) is 28.4 Å². The van der Waals surface area contributed by atoms with E-state index in [-0.39, 0.29) is 17.5 Å². The van der Waals surface area contributed by atoms with Crippen LogP contribution < -0.4 is 4.90 Å². The maximum Gasteiger partial charge on any atom is 0.271 e. The molecule has 1 heterocycles. The Hall–Kier alpha value is -2.35. The zero-order chi connectivity index (χ0) is 12.4. The number of rotatable bonds is 2. The predicted molar refractivity (Wildman–Crippen MR) is 62.4 cm³/mol. The number of amides is 1. The normalized spacial score (nSPS) is 19.1. The molecule has 0 aromatic heterocycles. The lowest BCUT2D eigenvalue weighted by molar-refractivity contribution is -0.384. The third kappa shape index (κ3) is 2.11. The first-order valence-corrected chi connectivity index (χ1v) is 5.13. The summed E-state index contributed by atoms with van der Waals surface area (Å²) in [5.74, 6) is 2.34. The lowest BCUT2D eigenvalue weighted by Gasteiger charge is -2.15. The van der Waals surface area contributed by atoms with E-state index in [2.05, 4.69) is 5.92 Å². The Morgan fingerprint density at radius 3 is 2.88 bits per heavy atom. The number of benzene rings is 1. The highest BCUT2D eigenvalue weighted by Gasteiger charge is 2.29. The third-order valence-corrected chi connectivity index (χ3v) is 2.71. The second kappa shape index (κ2) is 4.26. The fourth-order valence-corrected chi connectivity index (χ4v) is 1.84. The summed E-state index contributed by atoms with van der Waals surface area (Å²) in [4.78, 5) is 23.3. The van der Waals surface area contributed by atoms with E-state index in [1.54, 1.807) is 12.1 Å². The lowest BCUT2D eigenvalue weighted by atomic mass is 10.1. The van der Waals surface area contributed by atoms with E-state index in [0.29, 0.717) is 18.7 Å². The topological polar surface area (TPSA) is 63.5 Å². The van der Waals surface area contributed by atoms with Gasteiger partial charge in [0.25, 0.3) is 5.69 Å². The van der Waals surface area contributed by atoms with Crippen molar-refractivity contribution < 1.29 is 9.72 Å². The van der Waals surface area contributed by atoms with Crippen LogP contribution in [0.2, 0.25) is 0 Å². The molecule has 0 aliphatic carbocycles. The number of hydrogen-bond donors (Lipinski definition) is 0. The van der Waals surface area contributed by atoms with E-state index in [9.17, 15) is 14.9 Å². The molecule has 1 saturated heterocycles. The van der Waals surface area contributed by atoms with Crippen LogP contribution in [0.15, 0.2) is 24.3 Å². The SMILES string of the molecule is C#CC1CC(=O)N(c2cccc([N+](=O)[O-])c2)C1. The molecule has 1 aromatic rings. The highest BCUT2D eigenvalue weighted by molar-refractivity contribution is 5.96. The first-order chi connectivity index (χ1) is 8.11. The molecule has 0 bridgehead atoms. The van der Waals surface area contributed by atoms with Crippen LogP contribution in [0.5, 0.6) is 0 Å². The first-order valence-electron chi connectivity index (χ1n) is 5.13. The average molecular weight is 230 g/mol. The van der Waals surface area contributed by atoms with Gasteiger partial charge in [0.15, 0.2) is 0 Å². The number of hydrogen-bond acceptors (Lipinski definition) is 3. The summed E-state index contributed by atoms with van der Waals surface area (Å²) in [7, 11) is 0. The average Bonchev–Trinajstić information content (AvgIpc) is 2.71. The summed E-state index contributed by atoms with van der Waals surface area (Å²) in [6, 6.07) is 6.01. The standard InChI is InChI=1S/C12H10N2O3/c1-2-9-6-12(15)13(8-9)10-4-3-5-11(7-10)14(16)17/h1,3-5,7,9H,6,8H2. The molecule has 2 rings (SSSR count). The van der Waals surface area contributed by atoms with Crippen LogP contribution in [0.25, 0.3) is 0 Å². The van der Waals surface area contributed by atoms with E-state index >= 15 is 0 Å². The maximum atomic E-state index is 11.7. The van der Waals surface area contributed by atoms with Crippen LogP contribution in [-0.2, 0) is 4.79 Å². The van der Waals surface area contributed by atoms with Gasteiger partial charge in [0.1, 0.15) is 0 Å². The summed E-state index contributed by atoms with van der Waals surface area (Å²) in [5, 5.41) is 10.6. The Kier molecular flexibility index (Phi) is 2.79. The van der Waals surface area contributed by atoms with Gasteiger partial charge in [0, 0.05) is 31.0 Å². The Morgan fingerprint density at radius 2 is 2.29 bits per heavy atom. The fraction of sp³-hybridized carbons (Fsp3) is 0.250. The smallest absolute Gasteiger partial charge is 0.271 e. The molecule has 5 heteroatoms. The number of carbonyl (C=O) groups excluding carboxylic acids is 1. The van der Waals surface area contributed by atoms with Crippen LogP contribution >= 0.6 is 0 Å². The molecule has 5 nitrogen and oxygen atoms in total. The second-order valence-electron chi connectivity index (χ2n) is 3.85. The van der Waals surface area contributed by atoms with E-state index in [1.807, 2.05) is 0 Å². The van der Waals surface area contributed by atoms with Crippen molar-refractivity contribution in [1.29, 1.82) is 0 Å². The van der Waals surface area contributed by atoms with Gasteiger partial charge >= 0.3 is 0 Å². The minimum absolute atomic E-state index is 0.0283. The van der Waals surface area contributed by atoms with E-state index in [1.165, 1.54) is 17.0 Å². The number of carbonyl (C=O) groups is 1. The van der Waals surface area contributed by atoms with Gasteiger partial charge in [0.2, 0.25) is 5.91 Å². The molecule has 1 aliphatic rings. The van der Waals surface area contributed by atoms with Gasteiger partial charge in [-0.05, 0) is 6.07 Å². The molecule has 1 amide bonds. The summed E-state index contributed by atoms with van der Waals surface area (Å²) in [6.07, 6.45) is 5.58. The largest absolute Gasteiger partial charge is 0.311 e. The zero-order valence-electron chi connectivity index (χ0n) is 9.00. The van der Waals surface area contributed by atoms with Crippen molar-refractivity contribution in [2.75, 3.05) is 11.4 Å². The number of non-ortho nitro benzene ring substituents is 1. The molecular formula is C12H10N2O3. The van der Waals surface area contributed by atoms with Gasteiger partial charge in [0.05, 0.1) is 10.6 Å². The van der Waals surface area contributed by atoms with E-state index in [4.69, 9.17) is 6.42 Å². The van der Waals surface area contributed by atoms with Crippen molar-refractivity contribution in [2.24, 2.45) is 5.92 Å². The molecule has 0 radical (unpaired) electrons. The quantitative estimate of drug-likeness (QED) is 0.440. The molecule has 1 aromatic carbocycles. The summed E-state index contributed by atoms with van der Waals surface area (Å²) >= 11 is 0. The summed E-state index contributed by atoms with van der Waals surface area (Å²) < 4.78 is 0. The van der Waals surface area contributed by atoms with Crippen molar-refractivity contribution in [3.8, 4) is 12.3 Å². The second-order valence-corrected chi connectivity index (χ2v) is 3.85. The lowest BCUT2D eigenvalue weighted by Crippen LogP contribution is -2.24. The van der Waals surface area contributed by atoms with Crippen molar-refractivity contribution in [2.45, 2.75) is 6.42 Å². The van der Waals surface area contributed by atoms with Crippen LogP contribution in [-0.4, -0.2) is 17.4 Å². The van der Waals surface area contributed by atoms with Gasteiger partial charge in [-0.3, -0.25) is 14.9 Å². The number of anilines is 1. The van der Waals surface area contributed by atoms with Crippen LogP contribution in [0.4, 0.5) is 11.4 Å². The van der Waals surface area contributed by atoms with Crippen molar-refractivity contribution >= 4 is 17.3 Å². The number of terminal acetylenes is 1. The first kappa shape index (κ1) is 11.1. The van der Waals surface area contributed by atoms with Crippen molar-refractivity contribution in [3.05, 3.63) is 34.4 Å². The summed E-state index contributed by atoms with van der Waals surface area (Å²) in [5.41, 5.74) is 0.501. The molecule has 0 N–H and O–H groups in total. The van der Waals surface area contributed by atoms with Crippen molar-refractivity contribution in [1.82, 2.24) is 0 Å². The Bertz CT molecular complexity index is 519. The minimum atomic E-state index is -0.483. The molecular weight excluding hydrogens is 220 g/mol. The van der Waals surface area contributed by atoms with Gasteiger partial charge in [-0.15, -0.1) is 12.3 Å². The Labute approximate surface area is 98.2 Å². The zero-order valence-corrected chi connectivity index (χ0v) is 9.00. The van der Waals surface area contributed by atoms with Gasteiger partial charge in [-0.25, -0.2) is 0 Å². The Balaban J connectivity index is 2.29. The number of nitrogens with zero attached hydrogens (tertiary/aromatic N) is 2. The summed E-state index contributed by atoms with van der Waals surface area (Å²) in [6.45, 7) is 0.427. The van der Waals surface area contributed by atoms with Crippen LogP contribution in [0.1, 0.15) is 6.42 Å². The molecule has 1 aliphatic heterocycles. The van der Waals surface area contributed by atoms with E-state index in [0.717, 1.165) is 0 Å². The third-order valence-electron chi connectivity index (χ3n) is 2.71. The van der Waals surface area contributed by atoms with E-state index < -0.39 is 4.92 Å². The Morgan fingerprint density at radius 1 is 1.53 bits per heavy atom. The number of nitro benzene ring substituents is 1. The molecule has 1 atom stereocenters. The van der Waals surface area contributed by atoms with Gasteiger partial charge in [-0.2, -0.15) is 0 Å². The molecule has 1 unspecified atom stereocenters. The monoisotopic (exact) mass is 230 g/mol. The molecule has 17 heavy (non-hydrogen) atoms. The van der Waals surface area contributed by atoms with Gasteiger partial charge < -0.3 is 4.90 Å². The van der Waals surface area contributed by atoms with Gasteiger partial charge in [-0.1, -0.05) is 6.07 Å². The predicted octanol–water partition coefficient (Wildman–Crippen LogP) is 1.58. The molecule has 1 fully saturated rings. The van der Waals surface area contributed by atoms with Crippen molar-refractivity contribution in [3.63, 3.8) is 0 Å². The highest BCUT2D eigenvalue weighted by atomic mass is 16.6. The molecule has 86 valence electrons.